The van der Waals surface area contributed by atoms with E-state index in [1.54, 1.807) is 0 Å². The first-order valence-corrected chi connectivity index (χ1v) is 7.62. The van der Waals surface area contributed by atoms with Crippen molar-refractivity contribution in [1.29, 1.82) is 0 Å². The standard InChI is InChI=1S/C15H26O4/c1-9(2)11-6-5-10(3)12-7-8-14(4)13(17-19-14)15(11,12)18-16/h9-13,16H,5-8H2,1-4H3/t10-,11?,12+,13?,14?,15+/m1/s1. The Kier molecular flexibility index (Phi) is 3.21. The zero-order valence-electron chi connectivity index (χ0n) is 12.4. The molecule has 0 aromatic heterocycles. The normalized spacial score (nSPS) is 53.4. The van der Waals surface area contributed by atoms with E-state index in [4.69, 9.17) is 14.7 Å². The van der Waals surface area contributed by atoms with Crippen molar-refractivity contribution in [2.24, 2.45) is 23.7 Å². The molecule has 0 radical (unpaired) electrons. The summed E-state index contributed by atoms with van der Waals surface area (Å²) in [7, 11) is 0. The van der Waals surface area contributed by atoms with Crippen LogP contribution in [0.15, 0.2) is 0 Å². The molecule has 0 spiro atoms. The van der Waals surface area contributed by atoms with Crippen molar-refractivity contribution in [1.82, 2.24) is 0 Å². The predicted molar refractivity (Wildman–Crippen MR) is 70.3 cm³/mol. The molecule has 1 aliphatic heterocycles. The highest BCUT2D eigenvalue weighted by molar-refractivity contribution is 5.15. The molecule has 3 aliphatic rings. The molecule has 0 bridgehead atoms. The average molecular weight is 270 g/mol. The molecule has 19 heavy (non-hydrogen) atoms. The van der Waals surface area contributed by atoms with Gasteiger partial charge >= 0.3 is 0 Å². The van der Waals surface area contributed by atoms with Crippen molar-refractivity contribution < 1.29 is 19.9 Å². The third-order valence-corrected chi connectivity index (χ3v) is 5.99. The molecule has 4 heteroatoms. The SMILES string of the molecule is CC(C)C1CC[C@@H](C)[C@@H]2CCC3(C)OOC3[C@]12OO. The first-order valence-electron chi connectivity index (χ1n) is 7.62. The zero-order valence-corrected chi connectivity index (χ0v) is 12.4. The molecule has 0 aromatic rings. The molecule has 3 unspecified atom stereocenters. The van der Waals surface area contributed by atoms with Crippen LogP contribution in [0.4, 0.5) is 0 Å². The number of fused-ring (bicyclic) bond motifs is 3. The number of hydrogen-bond acceptors (Lipinski definition) is 4. The zero-order chi connectivity index (χ0) is 13.8. The second-order valence-corrected chi connectivity index (χ2v) is 7.37. The number of hydrogen-bond donors (Lipinski definition) is 1. The van der Waals surface area contributed by atoms with E-state index in [1.807, 2.05) is 0 Å². The van der Waals surface area contributed by atoms with Gasteiger partial charge in [0.15, 0.2) is 6.10 Å². The highest BCUT2D eigenvalue weighted by Crippen LogP contribution is 2.60. The lowest BCUT2D eigenvalue weighted by molar-refractivity contribution is -0.569. The Morgan fingerprint density at radius 3 is 2.53 bits per heavy atom. The average Bonchev–Trinajstić information content (AvgIpc) is 2.34. The van der Waals surface area contributed by atoms with Gasteiger partial charge in [0.05, 0.1) is 0 Å². The minimum Gasteiger partial charge on any atom is -0.251 e. The second kappa shape index (κ2) is 4.42. The number of rotatable bonds is 2. The maximum absolute atomic E-state index is 9.82. The van der Waals surface area contributed by atoms with Crippen molar-refractivity contribution in [3.05, 3.63) is 0 Å². The summed E-state index contributed by atoms with van der Waals surface area (Å²) in [5, 5.41) is 9.82. The van der Waals surface area contributed by atoms with Gasteiger partial charge in [0.2, 0.25) is 0 Å². The third-order valence-electron chi connectivity index (χ3n) is 5.99. The van der Waals surface area contributed by atoms with Crippen LogP contribution in [0.5, 0.6) is 0 Å². The van der Waals surface area contributed by atoms with Crippen LogP contribution in [-0.2, 0) is 14.7 Å². The van der Waals surface area contributed by atoms with Gasteiger partial charge in [-0.2, -0.15) is 0 Å². The molecule has 6 atom stereocenters. The minimum atomic E-state index is -0.586. The van der Waals surface area contributed by atoms with Gasteiger partial charge in [-0.25, -0.2) is 14.7 Å². The highest BCUT2D eigenvalue weighted by Gasteiger charge is 2.70. The van der Waals surface area contributed by atoms with Gasteiger partial charge in [-0.3, -0.25) is 5.26 Å². The fourth-order valence-corrected chi connectivity index (χ4v) is 4.95. The first-order chi connectivity index (χ1) is 8.95. The van der Waals surface area contributed by atoms with Crippen LogP contribution in [0.2, 0.25) is 0 Å². The fraction of sp³-hybridized carbons (Fsp3) is 1.00. The Hall–Kier alpha value is -0.160. The van der Waals surface area contributed by atoms with E-state index in [2.05, 4.69) is 27.7 Å². The molecule has 1 saturated heterocycles. The van der Waals surface area contributed by atoms with Crippen molar-refractivity contribution in [2.45, 2.75) is 70.7 Å². The summed E-state index contributed by atoms with van der Waals surface area (Å²) in [6.07, 6.45) is 4.19. The van der Waals surface area contributed by atoms with Gasteiger partial charge in [-0.05, 0) is 56.3 Å². The molecule has 1 N–H and O–H groups in total. The summed E-state index contributed by atoms with van der Waals surface area (Å²) in [6.45, 7) is 8.78. The largest absolute Gasteiger partial charge is 0.251 e. The molecule has 4 nitrogen and oxygen atoms in total. The minimum absolute atomic E-state index is 0.140. The lowest BCUT2D eigenvalue weighted by atomic mass is 9.52. The molecule has 2 saturated carbocycles. The summed E-state index contributed by atoms with van der Waals surface area (Å²) >= 11 is 0. The molecule has 110 valence electrons. The van der Waals surface area contributed by atoms with Crippen LogP contribution in [0.25, 0.3) is 0 Å². The topological polar surface area (TPSA) is 47.9 Å². The summed E-state index contributed by atoms with van der Waals surface area (Å²) in [6, 6.07) is 0. The van der Waals surface area contributed by atoms with Crippen molar-refractivity contribution in [3.63, 3.8) is 0 Å². The summed E-state index contributed by atoms with van der Waals surface area (Å²) in [4.78, 5) is 16.0. The molecule has 1 heterocycles. The van der Waals surface area contributed by atoms with Gasteiger partial charge in [-0.1, -0.05) is 20.8 Å². The summed E-state index contributed by atoms with van der Waals surface area (Å²) < 4.78 is 0. The van der Waals surface area contributed by atoms with Crippen LogP contribution in [0.3, 0.4) is 0 Å². The van der Waals surface area contributed by atoms with E-state index in [-0.39, 0.29) is 11.7 Å². The fourth-order valence-electron chi connectivity index (χ4n) is 4.95. The molecular formula is C15H26O4. The van der Waals surface area contributed by atoms with E-state index < -0.39 is 5.60 Å². The van der Waals surface area contributed by atoms with Crippen LogP contribution < -0.4 is 0 Å². The third kappa shape index (κ3) is 1.67. The Balaban J connectivity index is 2.02. The highest BCUT2D eigenvalue weighted by atomic mass is 17.3. The molecular weight excluding hydrogens is 244 g/mol. The van der Waals surface area contributed by atoms with Crippen molar-refractivity contribution in [3.8, 4) is 0 Å². The van der Waals surface area contributed by atoms with Crippen LogP contribution in [0, 0.1) is 23.7 Å². The lowest BCUT2D eigenvalue weighted by Crippen LogP contribution is -2.75. The Morgan fingerprint density at radius 2 is 2.00 bits per heavy atom. The van der Waals surface area contributed by atoms with Gasteiger partial charge in [0.25, 0.3) is 0 Å². The molecule has 0 amide bonds. The maximum atomic E-state index is 9.82. The van der Waals surface area contributed by atoms with Crippen LogP contribution in [-0.4, -0.2) is 22.6 Å². The van der Waals surface area contributed by atoms with Crippen LogP contribution in [0.1, 0.15) is 53.4 Å². The Morgan fingerprint density at radius 1 is 1.26 bits per heavy atom. The predicted octanol–water partition coefficient (Wildman–Crippen LogP) is 3.42. The van der Waals surface area contributed by atoms with Crippen LogP contribution >= 0.6 is 0 Å². The lowest BCUT2D eigenvalue weighted by Gasteiger charge is -2.64. The van der Waals surface area contributed by atoms with E-state index in [9.17, 15) is 5.26 Å². The van der Waals surface area contributed by atoms with Gasteiger partial charge < -0.3 is 0 Å². The molecule has 2 aliphatic carbocycles. The van der Waals surface area contributed by atoms with E-state index in [0.29, 0.717) is 23.7 Å². The summed E-state index contributed by atoms with van der Waals surface area (Å²) in [5.74, 6) is 1.72. The van der Waals surface area contributed by atoms with Crippen molar-refractivity contribution >= 4 is 0 Å². The van der Waals surface area contributed by atoms with E-state index >= 15 is 0 Å². The van der Waals surface area contributed by atoms with Gasteiger partial charge in [0, 0.05) is 0 Å². The smallest absolute Gasteiger partial charge is 0.157 e. The van der Waals surface area contributed by atoms with E-state index in [0.717, 1.165) is 19.3 Å². The molecule has 3 fully saturated rings. The monoisotopic (exact) mass is 270 g/mol. The second-order valence-electron chi connectivity index (χ2n) is 7.37. The Bertz CT molecular complexity index is 349. The van der Waals surface area contributed by atoms with E-state index in [1.165, 1.54) is 6.42 Å². The first kappa shape index (κ1) is 13.8. The molecule has 3 rings (SSSR count). The van der Waals surface area contributed by atoms with Crippen molar-refractivity contribution in [2.75, 3.05) is 0 Å². The quantitative estimate of drug-likeness (QED) is 0.617. The summed E-state index contributed by atoms with van der Waals surface area (Å²) in [5.41, 5.74) is -0.874. The van der Waals surface area contributed by atoms with Gasteiger partial charge in [-0.15, -0.1) is 0 Å². The Labute approximate surface area is 115 Å². The molecule has 0 aromatic carbocycles. The maximum Gasteiger partial charge on any atom is 0.157 e. The van der Waals surface area contributed by atoms with Gasteiger partial charge in [0.1, 0.15) is 11.2 Å².